The van der Waals surface area contributed by atoms with E-state index in [-0.39, 0.29) is 17.1 Å². The Kier molecular flexibility index (Phi) is 17.2. The van der Waals surface area contributed by atoms with Gasteiger partial charge in [-0.05, 0) is 78.7 Å². The van der Waals surface area contributed by atoms with Crippen molar-refractivity contribution in [2.24, 2.45) is 5.41 Å². The predicted molar refractivity (Wildman–Crippen MR) is 191 cm³/mol. The number of methoxy groups -OCH3 is 1. The van der Waals surface area contributed by atoms with Gasteiger partial charge in [0.2, 0.25) is 0 Å². The summed E-state index contributed by atoms with van der Waals surface area (Å²) in [5.74, 6) is 0. The fourth-order valence-corrected chi connectivity index (χ4v) is 4.75. The minimum atomic E-state index is -0.237. The molecule has 44 heavy (non-hydrogen) atoms. The van der Waals surface area contributed by atoms with Crippen molar-refractivity contribution in [3.8, 4) is 0 Å². The molecule has 0 aromatic heterocycles. The van der Waals surface area contributed by atoms with Gasteiger partial charge in [-0.15, -0.1) is 0 Å². The van der Waals surface area contributed by atoms with Crippen molar-refractivity contribution < 1.29 is 14.6 Å². The van der Waals surface area contributed by atoms with Gasteiger partial charge in [0.1, 0.15) is 6.29 Å². The first-order valence-corrected chi connectivity index (χ1v) is 15.5. The highest BCUT2D eigenvalue weighted by molar-refractivity contribution is 5.78. The summed E-state index contributed by atoms with van der Waals surface area (Å²) < 4.78 is 5.43. The average molecular weight is 597 g/mol. The van der Waals surface area contributed by atoms with E-state index in [2.05, 4.69) is 97.1 Å². The highest BCUT2D eigenvalue weighted by atomic mass is 16.5. The van der Waals surface area contributed by atoms with Crippen LogP contribution in [0.2, 0.25) is 0 Å². The summed E-state index contributed by atoms with van der Waals surface area (Å²) in [6.45, 7) is 18.9. The number of aldehydes is 1. The van der Waals surface area contributed by atoms with E-state index in [1.54, 1.807) is 7.11 Å². The molecule has 1 N–H and O–H groups in total. The minimum Gasteiger partial charge on any atom is -0.393 e. The summed E-state index contributed by atoms with van der Waals surface area (Å²) in [6, 6.07) is 0. The molecule has 1 aliphatic carbocycles. The van der Waals surface area contributed by atoms with Crippen LogP contribution in [0.5, 0.6) is 0 Å². The van der Waals surface area contributed by atoms with E-state index in [9.17, 15) is 9.90 Å². The Labute approximate surface area is 268 Å². The molecule has 1 atom stereocenters. The lowest BCUT2D eigenvalue weighted by Crippen LogP contribution is -2.28. The van der Waals surface area contributed by atoms with Gasteiger partial charge in [0.15, 0.2) is 0 Å². The third-order valence-corrected chi connectivity index (χ3v) is 7.51. The lowest BCUT2D eigenvalue weighted by Gasteiger charge is -2.35. The number of carbonyl (C=O) groups excluding carboxylic acids is 1. The fourth-order valence-electron chi connectivity index (χ4n) is 4.75. The highest BCUT2D eigenvalue weighted by Crippen LogP contribution is 2.41. The number of allylic oxidation sites excluding steroid dienone is 22. The van der Waals surface area contributed by atoms with E-state index in [4.69, 9.17) is 4.74 Å². The molecule has 0 amide bonds. The Morgan fingerprint density at radius 2 is 1.32 bits per heavy atom. The number of hydrogen-bond acceptors (Lipinski definition) is 3. The first-order chi connectivity index (χ1) is 20.7. The first kappa shape index (κ1) is 38.5. The Bertz CT molecular complexity index is 1320. The third-order valence-electron chi connectivity index (χ3n) is 7.51. The number of aliphatic hydroxyl groups is 1. The molecule has 1 unspecified atom stereocenters. The molecular formula is C41H56O3. The molecule has 0 saturated carbocycles. The maximum Gasteiger partial charge on any atom is 0.150 e. The topological polar surface area (TPSA) is 46.5 Å². The average Bonchev–Trinajstić information content (AvgIpc) is 2.93. The van der Waals surface area contributed by atoms with Gasteiger partial charge in [-0.1, -0.05) is 145 Å². The third kappa shape index (κ3) is 16.4. The molecule has 0 heterocycles. The van der Waals surface area contributed by atoms with Crippen molar-refractivity contribution in [1.29, 1.82) is 0 Å². The van der Waals surface area contributed by atoms with Crippen LogP contribution in [0.1, 0.15) is 81.6 Å². The van der Waals surface area contributed by atoms with Crippen molar-refractivity contribution in [3.63, 3.8) is 0 Å². The quantitative estimate of drug-likeness (QED) is 0.116. The van der Waals surface area contributed by atoms with Gasteiger partial charge in [0, 0.05) is 12.7 Å². The van der Waals surface area contributed by atoms with Crippen molar-refractivity contribution in [1.82, 2.24) is 0 Å². The molecule has 0 aromatic rings. The zero-order valence-electron chi connectivity index (χ0n) is 28.9. The summed E-state index contributed by atoms with van der Waals surface area (Å²) in [7, 11) is 1.72. The number of rotatable bonds is 15. The lowest BCUT2D eigenvalue weighted by molar-refractivity contribution is -0.104. The molecule has 0 bridgehead atoms. The summed E-state index contributed by atoms with van der Waals surface area (Å²) in [5, 5.41) is 10.1. The van der Waals surface area contributed by atoms with Crippen LogP contribution in [-0.4, -0.2) is 30.2 Å². The van der Waals surface area contributed by atoms with Crippen LogP contribution in [-0.2, 0) is 9.53 Å². The van der Waals surface area contributed by atoms with Gasteiger partial charge in [-0.3, -0.25) is 4.79 Å². The normalized spacial score (nSPS) is 20.2. The van der Waals surface area contributed by atoms with Crippen LogP contribution in [0.3, 0.4) is 0 Å². The molecule has 238 valence electrons. The molecule has 0 saturated heterocycles. The van der Waals surface area contributed by atoms with Crippen LogP contribution < -0.4 is 0 Å². The second-order valence-electron chi connectivity index (χ2n) is 12.9. The Morgan fingerprint density at radius 1 is 0.818 bits per heavy atom. The molecule has 0 radical (unpaired) electrons. The fraction of sp³-hybridized carbons (Fsp3) is 0.390. The van der Waals surface area contributed by atoms with E-state index >= 15 is 0 Å². The van der Waals surface area contributed by atoms with Crippen molar-refractivity contribution in [2.45, 2.75) is 93.3 Å². The molecule has 0 spiro atoms. The highest BCUT2D eigenvalue weighted by Gasteiger charge is 2.31. The van der Waals surface area contributed by atoms with Crippen LogP contribution in [0.25, 0.3) is 0 Å². The Balaban J connectivity index is 2.67. The summed E-state index contributed by atoms with van der Waals surface area (Å²) >= 11 is 0. The number of ether oxygens (including phenoxy) is 1. The van der Waals surface area contributed by atoms with Crippen molar-refractivity contribution >= 4 is 6.29 Å². The monoisotopic (exact) mass is 596 g/mol. The molecule has 0 fully saturated rings. The second-order valence-corrected chi connectivity index (χ2v) is 12.9. The minimum absolute atomic E-state index is 0.00736. The Morgan fingerprint density at radius 3 is 1.86 bits per heavy atom. The molecule has 0 aliphatic heterocycles. The van der Waals surface area contributed by atoms with Gasteiger partial charge in [-0.25, -0.2) is 0 Å². The molecule has 3 nitrogen and oxygen atoms in total. The summed E-state index contributed by atoms with van der Waals surface area (Å²) in [4.78, 5) is 11.4. The maximum atomic E-state index is 11.4. The molecule has 3 heteroatoms. The zero-order chi connectivity index (χ0) is 33.2. The largest absolute Gasteiger partial charge is 0.393 e. The molecule has 1 aliphatic rings. The van der Waals surface area contributed by atoms with E-state index in [1.165, 1.54) is 16.7 Å². The maximum absolute atomic E-state index is 11.4. The molecular weight excluding hydrogens is 540 g/mol. The van der Waals surface area contributed by atoms with E-state index < -0.39 is 0 Å². The van der Waals surface area contributed by atoms with Gasteiger partial charge < -0.3 is 9.84 Å². The number of hydrogen-bond donors (Lipinski definition) is 1. The molecule has 1 rings (SSSR count). The number of aliphatic hydroxyl groups excluding tert-OH is 1. The number of carbonyl (C=O) groups is 1. The van der Waals surface area contributed by atoms with Gasteiger partial charge in [0.25, 0.3) is 0 Å². The van der Waals surface area contributed by atoms with Gasteiger partial charge >= 0.3 is 0 Å². The zero-order valence-corrected chi connectivity index (χ0v) is 28.9. The van der Waals surface area contributed by atoms with Crippen molar-refractivity contribution in [3.05, 3.63) is 142 Å². The molecule has 0 aromatic carbocycles. The summed E-state index contributed by atoms with van der Waals surface area (Å²) in [6.07, 6.45) is 37.3. The lowest BCUT2D eigenvalue weighted by atomic mass is 9.71. The van der Waals surface area contributed by atoms with Crippen LogP contribution in [0, 0.1) is 5.41 Å². The Hall–Kier alpha value is -3.53. The van der Waals surface area contributed by atoms with E-state index in [1.807, 2.05) is 68.5 Å². The smallest absolute Gasteiger partial charge is 0.150 e. The predicted octanol–water partition coefficient (Wildman–Crippen LogP) is 10.5. The van der Waals surface area contributed by atoms with Gasteiger partial charge in [-0.2, -0.15) is 0 Å². The van der Waals surface area contributed by atoms with E-state index in [0.29, 0.717) is 5.57 Å². The summed E-state index contributed by atoms with van der Waals surface area (Å²) in [5.41, 5.74) is 7.56. The SMILES string of the molecule is COC(C)(C)CC=CC(C)=CC=CC(C=O)=C/C=C/C(C)=C/C=C/C=C(C)/C=C/C=C(C)/C=C/C1=C(C)CC(O)CC1(C)C. The first-order valence-electron chi connectivity index (χ1n) is 15.5. The second kappa shape index (κ2) is 19.7. The standard InChI is InChI=1S/C41H56O3/c1-32(19-13-20-35(4)26-27-39-36(5)29-38(43)30-40(39,6)7)17-11-12-18-33(2)21-14-24-37(31-42)25-15-22-34(3)23-16-28-41(8,9)44-10/h11-27,31,38,43H,28-30H2,1-10H3/b12-11+,19-13+,21-14+,23-16?,25-15?,27-26+,32-17+,33-18+,34-22?,35-20+,37-24?. The van der Waals surface area contributed by atoms with Crippen LogP contribution >= 0.6 is 0 Å². The van der Waals surface area contributed by atoms with E-state index in [0.717, 1.165) is 42.3 Å². The van der Waals surface area contributed by atoms with Crippen molar-refractivity contribution in [2.75, 3.05) is 7.11 Å². The van der Waals surface area contributed by atoms with Crippen LogP contribution in [0.15, 0.2) is 142 Å². The van der Waals surface area contributed by atoms with Gasteiger partial charge in [0.05, 0.1) is 11.7 Å². The van der Waals surface area contributed by atoms with Crippen LogP contribution in [0.4, 0.5) is 0 Å².